The molecule has 0 aliphatic heterocycles. The van der Waals surface area contributed by atoms with Gasteiger partial charge in [0.15, 0.2) is 0 Å². The summed E-state index contributed by atoms with van der Waals surface area (Å²) >= 11 is 0. The van der Waals surface area contributed by atoms with Crippen molar-refractivity contribution in [1.82, 2.24) is 0 Å². The smallest absolute Gasteiger partial charge is 0.227 e. The zero-order valence-corrected chi connectivity index (χ0v) is 12.1. The number of carbonyl (C=O) groups excluding carboxylic acids is 1. The molecule has 0 heterocycles. The van der Waals surface area contributed by atoms with Crippen LogP contribution in [0.4, 0.5) is 5.69 Å². The summed E-state index contributed by atoms with van der Waals surface area (Å²) in [5.74, 6) is 0.980. The molecule has 1 aromatic carbocycles. The number of anilines is 1. The van der Waals surface area contributed by atoms with Crippen LogP contribution in [0.5, 0.6) is 5.75 Å². The first-order valence-electron chi connectivity index (χ1n) is 7.41. The van der Waals surface area contributed by atoms with Gasteiger partial charge in [-0.25, -0.2) is 0 Å². The predicted molar refractivity (Wildman–Crippen MR) is 79.0 cm³/mol. The largest absolute Gasteiger partial charge is 0.489 e. The van der Waals surface area contributed by atoms with Crippen molar-refractivity contribution < 1.29 is 14.3 Å². The number of ether oxygens (including phenoxy) is 2. The van der Waals surface area contributed by atoms with Gasteiger partial charge in [-0.1, -0.05) is 25.0 Å². The fourth-order valence-electron chi connectivity index (χ4n) is 2.47. The Morgan fingerprint density at radius 2 is 2.00 bits per heavy atom. The second-order valence-electron chi connectivity index (χ2n) is 5.01. The number of carbonyl (C=O) groups is 1. The van der Waals surface area contributed by atoms with Gasteiger partial charge in [0.25, 0.3) is 0 Å². The van der Waals surface area contributed by atoms with Crippen LogP contribution in [0.3, 0.4) is 0 Å². The van der Waals surface area contributed by atoms with Crippen LogP contribution in [0.1, 0.15) is 32.6 Å². The lowest BCUT2D eigenvalue weighted by molar-refractivity contribution is -0.119. The first-order chi connectivity index (χ1) is 9.81. The van der Waals surface area contributed by atoms with Crippen molar-refractivity contribution in [3.63, 3.8) is 0 Å². The van der Waals surface area contributed by atoms with Crippen molar-refractivity contribution >= 4 is 11.6 Å². The van der Waals surface area contributed by atoms with Crippen LogP contribution in [-0.4, -0.2) is 25.7 Å². The predicted octanol–water partition coefficient (Wildman–Crippen LogP) is 3.23. The van der Waals surface area contributed by atoms with Crippen LogP contribution in [0.15, 0.2) is 24.3 Å². The quantitative estimate of drug-likeness (QED) is 0.778. The lowest BCUT2D eigenvalue weighted by atomic mass is 10.1. The van der Waals surface area contributed by atoms with Crippen LogP contribution < -0.4 is 10.1 Å². The van der Waals surface area contributed by atoms with Gasteiger partial charge in [-0.05, 0) is 31.9 Å². The SMILES string of the molecule is CCOCCOc1ccccc1NC(=O)C1CCCC1. The molecule has 20 heavy (non-hydrogen) atoms. The summed E-state index contributed by atoms with van der Waals surface area (Å²) in [5, 5.41) is 2.99. The van der Waals surface area contributed by atoms with Crippen LogP contribution in [0, 0.1) is 5.92 Å². The number of amides is 1. The molecule has 4 nitrogen and oxygen atoms in total. The Balaban J connectivity index is 1.91. The molecule has 0 atom stereocenters. The van der Waals surface area contributed by atoms with Crippen molar-refractivity contribution in [2.75, 3.05) is 25.1 Å². The molecule has 0 saturated heterocycles. The average molecular weight is 277 g/mol. The van der Waals surface area contributed by atoms with E-state index in [1.165, 1.54) is 0 Å². The lowest BCUT2D eigenvalue weighted by Crippen LogP contribution is -2.21. The summed E-state index contributed by atoms with van der Waals surface area (Å²) in [6.45, 7) is 3.69. The molecule has 1 aromatic rings. The Labute approximate surface area is 120 Å². The normalized spacial score (nSPS) is 15.2. The van der Waals surface area contributed by atoms with Gasteiger partial charge in [0, 0.05) is 12.5 Å². The van der Waals surface area contributed by atoms with Crippen LogP contribution >= 0.6 is 0 Å². The Hall–Kier alpha value is -1.55. The molecule has 0 unspecified atom stereocenters. The molecule has 4 heteroatoms. The monoisotopic (exact) mass is 277 g/mol. The Bertz CT molecular complexity index is 427. The standard InChI is InChI=1S/C16H23NO3/c1-2-19-11-12-20-15-10-6-5-9-14(15)17-16(18)13-7-3-4-8-13/h5-6,9-10,13H,2-4,7-8,11-12H2,1H3,(H,17,18). The molecule has 1 fully saturated rings. The number of rotatable bonds is 7. The number of nitrogens with one attached hydrogen (secondary N) is 1. The highest BCUT2D eigenvalue weighted by Gasteiger charge is 2.23. The topological polar surface area (TPSA) is 47.6 Å². The molecular formula is C16H23NO3. The molecule has 1 saturated carbocycles. The van der Waals surface area contributed by atoms with Crippen molar-refractivity contribution in [1.29, 1.82) is 0 Å². The number of hydrogen-bond donors (Lipinski definition) is 1. The van der Waals surface area contributed by atoms with E-state index in [1.54, 1.807) is 0 Å². The molecule has 0 spiro atoms. The lowest BCUT2D eigenvalue weighted by Gasteiger charge is -2.14. The van der Waals surface area contributed by atoms with Gasteiger partial charge in [-0.15, -0.1) is 0 Å². The van der Waals surface area contributed by atoms with Gasteiger partial charge in [0.1, 0.15) is 12.4 Å². The average Bonchev–Trinajstić information content (AvgIpc) is 2.99. The first kappa shape index (κ1) is 14.9. The molecule has 0 bridgehead atoms. The van der Waals surface area contributed by atoms with E-state index in [-0.39, 0.29) is 11.8 Å². The molecular weight excluding hydrogens is 254 g/mol. The summed E-state index contributed by atoms with van der Waals surface area (Å²) in [6, 6.07) is 7.56. The number of para-hydroxylation sites is 2. The van der Waals surface area contributed by atoms with Crippen LogP contribution in [0.2, 0.25) is 0 Å². The van der Waals surface area contributed by atoms with Gasteiger partial charge in [0.05, 0.1) is 12.3 Å². The fourth-order valence-corrected chi connectivity index (χ4v) is 2.47. The highest BCUT2D eigenvalue weighted by atomic mass is 16.5. The van der Waals surface area contributed by atoms with E-state index in [0.29, 0.717) is 25.6 Å². The zero-order valence-electron chi connectivity index (χ0n) is 12.1. The third-order valence-electron chi connectivity index (χ3n) is 3.56. The summed E-state index contributed by atoms with van der Waals surface area (Å²) < 4.78 is 10.9. The minimum Gasteiger partial charge on any atom is -0.489 e. The van der Waals surface area contributed by atoms with Gasteiger partial charge in [-0.2, -0.15) is 0 Å². The van der Waals surface area contributed by atoms with E-state index >= 15 is 0 Å². The van der Waals surface area contributed by atoms with E-state index in [4.69, 9.17) is 9.47 Å². The molecule has 2 rings (SSSR count). The second kappa shape index (κ2) is 7.90. The molecule has 0 radical (unpaired) electrons. The maximum absolute atomic E-state index is 12.2. The Morgan fingerprint density at radius 1 is 1.25 bits per heavy atom. The number of benzene rings is 1. The summed E-state index contributed by atoms with van der Waals surface area (Å²) in [5.41, 5.74) is 0.751. The zero-order chi connectivity index (χ0) is 14.2. The van der Waals surface area contributed by atoms with Crippen molar-refractivity contribution in [3.8, 4) is 5.75 Å². The van der Waals surface area contributed by atoms with E-state index in [1.807, 2.05) is 31.2 Å². The van der Waals surface area contributed by atoms with Crippen molar-refractivity contribution in [2.45, 2.75) is 32.6 Å². The van der Waals surface area contributed by atoms with E-state index < -0.39 is 0 Å². The molecule has 1 N–H and O–H groups in total. The van der Waals surface area contributed by atoms with Crippen LogP contribution in [0.25, 0.3) is 0 Å². The summed E-state index contributed by atoms with van der Waals surface area (Å²) in [4.78, 5) is 12.2. The summed E-state index contributed by atoms with van der Waals surface area (Å²) in [7, 11) is 0. The highest BCUT2D eigenvalue weighted by Crippen LogP contribution is 2.29. The van der Waals surface area contributed by atoms with E-state index in [0.717, 1.165) is 31.4 Å². The fraction of sp³-hybridized carbons (Fsp3) is 0.562. The van der Waals surface area contributed by atoms with Gasteiger partial charge < -0.3 is 14.8 Å². The Morgan fingerprint density at radius 3 is 2.75 bits per heavy atom. The first-order valence-corrected chi connectivity index (χ1v) is 7.41. The van der Waals surface area contributed by atoms with Gasteiger partial charge in [-0.3, -0.25) is 4.79 Å². The molecule has 0 aromatic heterocycles. The molecule has 1 aliphatic rings. The third-order valence-corrected chi connectivity index (χ3v) is 3.56. The molecule has 1 aliphatic carbocycles. The maximum atomic E-state index is 12.2. The molecule has 110 valence electrons. The van der Waals surface area contributed by atoms with E-state index in [9.17, 15) is 4.79 Å². The van der Waals surface area contributed by atoms with Gasteiger partial charge in [0.2, 0.25) is 5.91 Å². The van der Waals surface area contributed by atoms with Crippen molar-refractivity contribution in [3.05, 3.63) is 24.3 Å². The minimum absolute atomic E-state index is 0.114. The van der Waals surface area contributed by atoms with Crippen LogP contribution in [-0.2, 0) is 9.53 Å². The summed E-state index contributed by atoms with van der Waals surface area (Å²) in [6.07, 6.45) is 4.31. The van der Waals surface area contributed by atoms with Crippen molar-refractivity contribution in [2.24, 2.45) is 5.92 Å². The van der Waals surface area contributed by atoms with E-state index in [2.05, 4.69) is 5.32 Å². The third kappa shape index (κ3) is 4.23. The second-order valence-corrected chi connectivity index (χ2v) is 5.01. The van der Waals surface area contributed by atoms with Gasteiger partial charge >= 0.3 is 0 Å². The highest BCUT2D eigenvalue weighted by molar-refractivity contribution is 5.94. The number of hydrogen-bond acceptors (Lipinski definition) is 3. The Kier molecular flexibility index (Phi) is 5.87. The maximum Gasteiger partial charge on any atom is 0.227 e. The minimum atomic E-state index is 0.114. The molecule has 1 amide bonds.